The van der Waals surface area contributed by atoms with E-state index in [1.54, 1.807) is 12.1 Å². The number of rotatable bonds is 4. The van der Waals surface area contributed by atoms with E-state index in [2.05, 4.69) is 0 Å². The van der Waals surface area contributed by atoms with Gasteiger partial charge in [-0.2, -0.15) is 0 Å². The summed E-state index contributed by atoms with van der Waals surface area (Å²) < 4.78 is 0. The van der Waals surface area contributed by atoms with E-state index in [-0.39, 0.29) is 34.4 Å². The largest absolute Gasteiger partial charge is 0.366 e. The number of carbonyl (C=O) groups is 2. The predicted octanol–water partition coefficient (Wildman–Crippen LogP) is 2.81. The maximum Gasteiger partial charge on any atom is 0.292 e. The monoisotopic (exact) mass is 414 g/mol. The van der Waals surface area contributed by atoms with Gasteiger partial charge in [0.25, 0.3) is 5.69 Å². The quantitative estimate of drug-likeness (QED) is 0.559. The second-order valence-corrected chi connectivity index (χ2v) is 8.58. The van der Waals surface area contributed by atoms with Gasteiger partial charge in [-0.05, 0) is 51.0 Å². The van der Waals surface area contributed by atoms with Crippen molar-refractivity contribution in [2.45, 2.75) is 51.0 Å². The van der Waals surface area contributed by atoms with Gasteiger partial charge in [-0.3, -0.25) is 19.7 Å². The molecule has 3 saturated heterocycles. The summed E-state index contributed by atoms with van der Waals surface area (Å²) in [6.45, 7) is 3.50. The minimum Gasteiger partial charge on any atom is -0.366 e. The van der Waals surface area contributed by atoms with Crippen LogP contribution in [0.2, 0.25) is 0 Å². The van der Waals surface area contributed by atoms with E-state index in [1.807, 2.05) is 20.8 Å². The van der Waals surface area contributed by atoms with Crippen molar-refractivity contribution in [2.24, 2.45) is 5.92 Å². The molecule has 0 aliphatic carbocycles. The van der Waals surface area contributed by atoms with Crippen LogP contribution in [0.4, 0.5) is 11.4 Å². The van der Waals surface area contributed by atoms with E-state index in [1.165, 1.54) is 6.07 Å². The average molecular weight is 415 g/mol. The summed E-state index contributed by atoms with van der Waals surface area (Å²) in [6.07, 6.45) is 6.12. The highest BCUT2D eigenvalue weighted by Gasteiger charge is 2.39. The summed E-state index contributed by atoms with van der Waals surface area (Å²) in [5.41, 5.74) is 0.725. The van der Waals surface area contributed by atoms with Crippen molar-refractivity contribution in [2.75, 3.05) is 37.6 Å². The molecule has 4 rings (SSSR count). The molecule has 162 valence electrons. The van der Waals surface area contributed by atoms with Gasteiger partial charge in [0.2, 0.25) is 11.8 Å². The molecule has 3 aliphatic rings. The lowest BCUT2D eigenvalue weighted by Crippen LogP contribution is -2.55. The Bertz CT molecular complexity index is 800. The van der Waals surface area contributed by atoms with Crippen LogP contribution in [0, 0.1) is 16.0 Å². The summed E-state index contributed by atoms with van der Waals surface area (Å²) in [7, 11) is 0. The number of nitro benzene ring substituents is 1. The Balaban J connectivity index is 1.41. The summed E-state index contributed by atoms with van der Waals surface area (Å²) in [4.78, 5) is 43.1. The first-order chi connectivity index (χ1) is 14.6. The second-order valence-electron chi connectivity index (χ2n) is 8.58. The van der Waals surface area contributed by atoms with Gasteiger partial charge in [0.05, 0.1) is 4.92 Å². The Hall–Kier alpha value is -2.64. The maximum absolute atomic E-state index is 13.3. The van der Waals surface area contributed by atoms with Gasteiger partial charge < -0.3 is 14.7 Å². The Labute approximate surface area is 177 Å². The number of para-hydroxylation sites is 2. The number of hydrogen-bond donors (Lipinski definition) is 0. The first kappa shape index (κ1) is 20.6. The van der Waals surface area contributed by atoms with Crippen LogP contribution in [0.5, 0.6) is 0 Å². The highest BCUT2D eigenvalue weighted by atomic mass is 16.6. The van der Waals surface area contributed by atoms with Crippen LogP contribution in [0.15, 0.2) is 24.3 Å². The molecule has 2 amide bonds. The third-order valence-electron chi connectivity index (χ3n) is 6.75. The summed E-state index contributed by atoms with van der Waals surface area (Å²) >= 11 is 0. The number of carbonyl (C=O) groups excluding carboxylic acids is 2. The van der Waals surface area contributed by atoms with Gasteiger partial charge in [-0.25, -0.2) is 0 Å². The van der Waals surface area contributed by atoms with Crippen molar-refractivity contribution in [1.82, 2.24) is 9.80 Å². The van der Waals surface area contributed by atoms with E-state index in [4.69, 9.17) is 0 Å². The van der Waals surface area contributed by atoms with E-state index in [0.29, 0.717) is 38.2 Å². The van der Waals surface area contributed by atoms with E-state index >= 15 is 0 Å². The normalized spacial score (nSPS) is 22.9. The van der Waals surface area contributed by atoms with Crippen LogP contribution in [-0.4, -0.2) is 65.3 Å². The summed E-state index contributed by atoms with van der Waals surface area (Å²) in [5, 5.41) is 11.3. The number of hydrogen-bond acceptors (Lipinski definition) is 5. The fraction of sp³-hybridized carbons (Fsp3) is 0.636. The number of benzene rings is 1. The Morgan fingerprint density at radius 2 is 1.53 bits per heavy atom. The first-order valence-corrected chi connectivity index (χ1v) is 11.1. The highest BCUT2D eigenvalue weighted by Crippen LogP contribution is 2.32. The van der Waals surface area contributed by atoms with Crippen molar-refractivity contribution in [1.29, 1.82) is 0 Å². The molecule has 3 fully saturated rings. The molecule has 1 aromatic carbocycles. The van der Waals surface area contributed by atoms with E-state index in [9.17, 15) is 19.7 Å². The van der Waals surface area contributed by atoms with Crippen molar-refractivity contribution < 1.29 is 14.5 Å². The lowest BCUT2D eigenvalue weighted by atomic mass is 9.92. The SMILES string of the molecule is O=C(C1CCCCN1C(=O)C1CCN(c2ccccc2[N+](=O)[O-])CC1)N1CCCC1. The Morgan fingerprint density at radius 3 is 2.23 bits per heavy atom. The zero-order chi connectivity index (χ0) is 21.1. The van der Waals surface area contributed by atoms with Crippen LogP contribution in [-0.2, 0) is 9.59 Å². The molecule has 8 nitrogen and oxygen atoms in total. The maximum atomic E-state index is 13.3. The van der Waals surface area contributed by atoms with Crippen molar-refractivity contribution >= 4 is 23.2 Å². The fourth-order valence-corrected chi connectivity index (χ4v) is 5.09. The average Bonchev–Trinajstić information content (AvgIpc) is 3.33. The van der Waals surface area contributed by atoms with Crippen molar-refractivity contribution in [3.63, 3.8) is 0 Å². The summed E-state index contributed by atoms with van der Waals surface area (Å²) in [6, 6.07) is 6.47. The third-order valence-corrected chi connectivity index (χ3v) is 6.75. The summed E-state index contributed by atoms with van der Waals surface area (Å²) in [5.74, 6) is 0.100. The molecule has 0 radical (unpaired) electrons. The van der Waals surface area contributed by atoms with Crippen LogP contribution >= 0.6 is 0 Å². The third kappa shape index (κ3) is 4.13. The van der Waals surface area contributed by atoms with Gasteiger partial charge in [-0.15, -0.1) is 0 Å². The standard InChI is InChI=1S/C22H30N4O4/c27-21(25-14-4-3-9-20(25)22(28)24-12-5-6-13-24)17-10-15-23(16-11-17)18-7-1-2-8-19(18)26(29)30/h1-2,7-8,17,20H,3-6,9-16H2. The minimum absolute atomic E-state index is 0.0921. The molecular formula is C22H30N4O4. The van der Waals surface area contributed by atoms with Gasteiger partial charge in [-0.1, -0.05) is 12.1 Å². The Morgan fingerprint density at radius 1 is 0.867 bits per heavy atom. The Kier molecular flexibility index (Phi) is 6.20. The van der Waals surface area contributed by atoms with Crippen LogP contribution in [0.3, 0.4) is 0 Å². The van der Waals surface area contributed by atoms with E-state index < -0.39 is 0 Å². The molecule has 0 bridgehead atoms. The van der Waals surface area contributed by atoms with Gasteiger partial charge in [0.15, 0.2) is 0 Å². The number of anilines is 1. The molecule has 30 heavy (non-hydrogen) atoms. The lowest BCUT2D eigenvalue weighted by molar-refractivity contribution is -0.384. The minimum atomic E-state index is -0.352. The van der Waals surface area contributed by atoms with Gasteiger partial charge >= 0.3 is 0 Å². The van der Waals surface area contributed by atoms with Crippen LogP contribution < -0.4 is 4.90 Å². The molecule has 0 N–H and O–H groups in total. The molecule has 1 aromatic rings. The zero-order valence-electron chi connectivity index (χ0n) is 17.4. The van der Waals surface area contributed by atoms with Gasteiger partial charge in [0.1, 0.15) is 11.7 Å². The first-order valence-electron chi connectivity index (χ1n) is 11.1. The molecule has 3 aliphatic heterocycles. The number of likely N-dealkylation sites (tertiary alicyclic amines) is 2. The molecule has 1 atom stereocenters. The number of nitro groups is 1. The molecule has 8 heteroatoms. The second kappa shape index (κ2) is 9.02. The molecule has 1 unspecified atom stereocenters. The fourth-order valence-electron chi connectivity index (χ4n) is 5.09. The van der Waals surface area contributed by atoms with Crippen LogP contribution in [0.25, 0.3) is 0 Å². The lowest BCUT2D eigenvalue weighted by Gasteiger charge is -2.40. The number of piperidine rings is 2. The van der Waals surface area contributed by atoms with Crippen molar-refractivity contribution in [3.8, 4) is 0 Å². The number of nitrogens with zero attached hydrogens (tertiary/aromatic N) is 4. The zero-order valence-corrected chi connectivity index (χ0v) is 17.4. The number of amides is 2. The highest BCUT2D eigenvalue weighted by molar-refractivity contribution is 5.89. The molecular weight excluding hydrogens is 384 g/mol. The smallest absolute Gasteiger partial charge is 0.292 e. The molecule has 0 aromatic heterocycles. The van der Waals surface area contributed by atoms with Gasteiger partial charge in [0, 0.05) is 44.7 Å². The molecule has 0 spiro atoms. The topological polar surface area (TPSA) is 87.0 Å². The molecule has 0 saturated carbocycles. The van der Waals surface area contributed by atoms with Crippen LogP contribution in [0.1, 0.15) is 44.9 Å². The van der Waals surface area contributed by atoms with E-state index in [0.717, 1.165) is 45.2 Å². The van der Waals surface area contributed by atoms with Crippen molar-refractivity contribution in [3.05, 3.63) is 34.4 Å². The predicted molar refractivity (Wildman–Crippen MR) is 113 cm³/mol. The molecule has 3 heterocycles.